The summed E-state index contributed by atoms with van der Waals surface area (Å²) < 4.78 is 15.4. The van der Waals surface area contributed by atoms with E-state index < -0.39 is 5.41 Å². The Labute approximate surface area is 187 Å². The summed E-state index contributed by atoms with van der Waals surface area (Å²) in [6.45, 7) is 8.80. The van der Waals surface area contributed by atoms with Gasteiger partial charge < -0.3 is 14.4 Å². The van der Waals surface area contributed by atoms with Gasteiger partial charge in [-0.05, 0) is 52.2 Å². The highest BCUT2D eigenvalue weighted by Gasteiger charge is 2.30. The van der Waals surface area contributed by atoms with Gasteiger partial charge in [0.2, 0.25) is 0 Å². The zero-order valence-electron chi connectivity index (χ0n) is 18.9. The van der Waals surface area contributed by atoms with Crippen LogP contribution in [-0.4, -0.2) is 56.8 Å². The average Bonchev–Trinajstić information content (AvgIpc) is 3.46. The summed E-state index contributed by atoms with van der Waals surface area (Å²) in [6.07, 6.45) is 6.61. The van der Waals surface area contributed by atoms with Crippen LogP contribution in [0.25, 0.3) is 17.0 Å². The number of imidazole rings is 1. The van der Waals surface area contributed by atoms with Gasteiger partial charge in [0.1, 0.15) is 11.5 Å². The van der Waals surface area contributed by atoms with Crippen molar-refractivity contribution in [1.29, 1.82) is 5.26 Å². The van der Waals surface area contributed by atoms with Gasteiger partial charge >= 0.3 is 0 Å². The van der Waals surface area contributed by atoms with Gasteiger partial charge in [0, 0.05) is 24.9 Å². The minimum atomic E-state index is -0.696. The Morgan fingerprint density at radius 3 is 2.88 bits per heavy atom. The molecule has 5 heterocycles. The Kier molecular flexibility index (Phi) is 5.35. The second-order valence-electron chi connectivity index (χ2n) is 9.13. The number of ether oxygens (including phenoxy) is 2. The second-order valence-corrected chi connectivity index (χ2v) is 9.13. The molecule has 9 nitrogen and oxygen atoms in total. The monoisotopic (exact) mass is 435 g/mol. The maximum absolute atomic E-state index is 9.90. The first-order valence-corrected chi connectivity index (χ1v) is 11.3. The summed E-state index contributed by atoms with van der Waals surface area (Å²) >= 11 is 0. The summed E-state index contributed by atoms with van der Waals surface area (Å²) in [5.41, 5.74) is 1.90. The van der Waals surface area contributed by atoms with Gasteiger partial charge in [-0.15, -0.1) is 5.10 Å². The molecule has 0 bridgehead atoms. The molecule has 2 aliphatic heterocycles. The first-order valence-electron chi connectivity index (χ1n) is 11.3. The minimum Gasteiger partial charge on any atom is -0.377 e. The third kappa shape index (κ3) is 3.53. The summed E-state index contributed by atoms with van der Waals surface area (Å²) in [6, 6.07) is 6.63. The molecule has 0 aromatic carbocycles. The normalized spacial score (nSPS) is 22.2. The van der Waals surface area contributed by atoms with Gasteiger partial charge in [0.25, 0.3) is 0 Å². The molecule has 32 heavy (non-hydrogen) atoms. The highest BCUT2D eigenvalue weighted by Crippen LogP contribution is 2.34. The van der Waals surface area contributed by atoms with Crippen molar-refractivity contribution >= 4 is 11.3 Å². The van der Waals surface area contributed by atoms with Crippen molar-refractivity contribution < 1.29 is 9.47 Å². The minimum absolute atomic E-state index is 0.0985. The van der Waals surface area contributed by atoms with E-state index in [2.05, 4.69) is 23.0 Å². The lowest BCUT2D eigenvalue weighted by Gasteiger charge is -2.35. The molecular weight excluding hydrogens is 406 g/mol. The van der Waals surface area contributed by atoms with Crippen molar-refractivity contribution in [2.24, 2.45) is 0 Å². The van der Waals surface area contributed by atoms with Crippen molar-refractivity contribution in [1.82, 2.24) is 24.4 Å². The molecule has 0 aliphatic carbocycles. The Morgan fingerprint density at radius 1 is 1.25 bits per heavy atom. The fourth-order valence-corrected chi connectivity index (χ4v) is 4.55. The van der Waals surface area contributed by atoms with E-state index in [0.29, 0.717) is 19.0 Å². The first kappa shape index (κ1) is 20.9. The molecule has 2 saturated heterocycles. The molecule has 168 valence electrons. The van der Waals surface area contributed by atoms with Crippen molar-refractivity contribution in [3.63, 3.8) is 0 Å². The maximum atomic E-state index is 9.90. The van der Waals surface area contributed by atoms with Crippen molar-refractivity contribution in [3.05, 3.63) is 30.1 Å². The van der Waals surface area contributed by atoms with Gasteiger partial charge in [0.05, 0.1) is 42.5 Å². The number of hydrogen-bond acceptors (Lipinski definition) is 7. The van der Waals surface area contributed by atoms with E-state index >= 15 is 0 Å². The van der Waals surface area contributed by atoms with Gasteiger partial charge in [-0.1, -0.05) is 0 Å². The van der Waals surface area contributed by atoms with Crippen molar-refractivity contribution in [2.45, 2.75) is 57.7 Å². The molecule has 0 amide bonds. The third-order valence-corrected chi connectivity index (χ3v) is 6.43. The van der Waals surface area contributed by atoms with Crippen molar-refractivity contribution in [3.8, 4) is 17.6 Å². The molecule has 0 radical (unpaired) electrons. The number of aromatic nitrogens is 5. The summed E-state index contributed by atoms with van der Waals surface area (Å²) in [7, 11) is 0. The zero-order chi connectivity index (χ0) is 22.3. The fraction of sp³-hybridized carbons (Fsp3) is 0.565. The predicted molar refractivity (Wildman–Crippen MR) is 119 cm³/mol. The van der Waals surface area contributed by atoms with E-state index in [9.17, 15) is 5.26 Å². The van der Waals surface area contributed by atoms with Crippen LogP contribution in [0.3, 0.4) is 0 Å². The number of anilines is 1. The number of nitrogens with zero attached hydrogens (tertiary/aromatic N) is 7. The van der Waals surface area contributed by atoms with Crippen LogP contribution in [0, 0.1) is 11.3 Å². The van der Waals surface area contributed by atoms with Crippen molar-refractivity contribution in [2.75, 3.05) is 31.3 Å². The highest BCUT2D eigenvalue weighted by molar-refractivity contribution is 5.67. The lowest BCUT2D eigenvalue weighted by molar-refractivity contribution is -0.0384. The molecule has 5 rings (SSSR count). The molecule has 0 spiro atoms. The topological polar surface area (TPSA) is 93.5 Å². The Morgan fingerprint density at radius 2 is 2.12 bits per heavy atom. The molecule has 2 fully saturated rings. The van der Waals surface area contributed by atoms with Crippen LogP contribution in [0.2, 0.25) is 0 Å². The van der Waals surface area contributed by atoms with E-state index in [1.54, 1.807) is 6.20 Å². The summed E-state index contributed by atoms with van der Waals surface area (Å²) in [5, 5.41) is 19.4. The predicted octanol–water partition coefficient (Wildman–Crippen LogP) is 3.32. The Hall–Kier alpha value is -2.96. The molecule has 2 atom stereocenters. The second kappa shape index (κ2) is 8.19. The summed E-state index contributed by atoms with van der Waals surface area (Å²) in [5.74, 6) is 1.52. The van der Waals surface area contributed by atoms with E-state index in [4.69, 9.17) is 19.6 Å². The SMILES string of the molecule is C[C@@H]1COCCN1c1cc(C(C)(C)C#N)c2cnc(-c3ccnn3C3CCCCO3)n2n1. The molecule has 0 saturated carbocycles. The quantitative estimate of drug-likeness (QED) is 0.620. The van der Waals surface area contributed by atoms with E-state index in [0.717, 1.165) is 55.0 Å². The van der Waals surface area contributed by atoms with Gasteiger partial charge in [0.15, 0.2) is 12.1 Å². The molecule has 1 unspecified atom stereocenters. The van der Waals surface area contributed by atoms with Gasteiger partial charge in [-0.3, -0.25) is 0 Å². The maximum Gasteiger partial charge on any atom is 0.179 e. The molecule has 0 N–H and O–H groups in total. The third-order valence-electron chi connectivity index (χ3n) is 6.43. The largest absolute Gasteiger partial charge is 0.377 e. The highest BCUT2D eigenvalue weighted by atomic mass is 16.5. The van der Waals surface area contributed by atoms with Crippen LogP contribution in [0.4, 0.5) is 5.82 Å². The standard InChI is InChI=1S/C23H29N7O2/c1-16-14-31-11-9-28(16)20-12-17(23(2,3)15-24)19-13-25-22(30(19)27-20)18-7-8-26-29(18)21-6-4-5-10-32-21/h7-8,12-13,16,21H,4-6,9-11,14H2,1-3H3/t16-,21?/m1/s1. The average molecular weight is 436 g/mol. The van der Waals surface area contributed by atoms with E-state index in [1.807, 2.05) is 41.4 Å². The Bertz CT molecular complexity index is 1150. The molecule has 9 heteroatoms. The van der Waals surface area contributed by atoms with Gasteiger partial charge in [-0.2, -0.15) is 10.4 Å². The lowest BCUT2D eigenvalue weighted by Crippen LogP contribution is -2.44. The van der Waals surface area contributed by atoms with Crippen LogP contribution in [0.15, 0.2) is 24.5 Å². The van der Waals surface area contributed by atoms with Gasteiger partial charge in [-0.25, -0.2) is 14.2 Å². The van der Waals surface area contributed by atoms with E-state index in [1.165, 1.54) is 0 Å². The number of rotatable bonds is 4. The smallest absolute Gasteiger partial charge is 0.179 e. The molecular formula is C23H29N7O2. The molecule has 2 aliphatic rings. The van der Waals surface area contributed by atoms with Crippen LogP contribution < -0.4 is 4.90 Å². The van der Waals surface area contributed by atoms with Crippen LogP contribution in [-0.2, 0) is 14.9 Å². The first-order chi connectivity index (χ1) is 15.5. The number of nitriles is 1. The fourth-order valence-electron chi connectivity index (χ4n) is 4.55. The summed E-state index contributed by atoms with van der Waals surface area (Å²) in [4.78, 5) is 6.98. The number of fused-ring (bicyclic) bond motifs is 1. The number of morpholine rings is 1. The lowest BCUT2D eigenvalue weighted by atomic mass is 9.86. The van der Waals surface area contributed by atoms with Crippen LogP contribution >= 0.6 is 0 Å². The van der Waals surface area contributed by atoms with E-state index in [-0.39, 0.29) is 12.3 Å². The molecule has 3 aromatic heterocycles. The van der Waals surface area contributed by atoms with Crippen LogP contribution in [0.5, 0.6) is 0 Å². The van der Waals surface area contributed by atoms with Crippen LogP contribution in [0.1, 0.15) is 51.8 Å². The zero-order valence-corrected chi connectivity index (χ0v) is 18.9. The Balaban J connectivity index is 1.68. The number of hydrogen-bond donors (Lipinski definition) is 0. The molecule has 3 aromatic rings.